The second kappa shape index (κ2) is 23.3. The number of hydrogen-bond donors (Lipinski definition) is 0. The van der Waals surface area contributed by atoms with Gasteiger partial charge in [-0.25, -0.2) is 0 Å². The minimum Gasteiger partial charge on any atom is -0.309 e. The van der Waals surface area contributed by atoms with Gasteiger partial charge in [0.2, 0.25) is 0 Å². The van der Waals surface area contributed by atoms with Gasteiger partial charge < -0.3 is 9.80 Å². The first kappa shape index (κ1) is 59.4. The van der Waals surface area contributed by atoms with Crippen LogP contribution in [0.15, 0.2) is 261 Å². The first-order valence-corrected chi connectivity index (χ1v) is 31.8. The van der Waals surface area contributed by atoms with Gasteiger partial charge in [0.25, 0.3) is 0 Å². The lowest BCUT2D eigenvalue weighted by Crippen LogP contribution is -2.34. The van der Waals surface area contributed by atoms with Gasteiger partial charge in [-0.3, -0.25) is 0 Å². The molecule has 0 aromatic heterocycles. The minimum atomic E-state index is -0.280. The third-order valence-electron chi connectivity index (χ3n) is 18.5. The Hall–Kier alpha value is -8.98. The smallest absolute Gasteiger partial charge is 0.0618 e. The van der Waals surface area contributed by atoms with Crippen LogP contribution in [0.2, 0.25) is 0 Å². The largest absolute Gasteiger partial charge is 0.309 e. The number of hydrogen-bond acceptors (Lipinski definition) is 2. The van der Waals surface area contributed by atoms with E-state index in [1.807, 2.05) is 0 Å². The summed E-state index contributed by atoms with van der Waals surface area (Å²) < 4.78 is 0. The Balaban J connectivity index is 1.21. The van der Waals surface area contributed by atoms with Gasteiger partial charge in [0.1, 0.15) is 0 Å². The van der Waals surface area contributed by atoms with Crippen molar-refractivity contribution in [3.63, 3.8) is 0 Å². The molecule has 12 rings (SSSR count). The fourth-order valence-electron chi connectivity index (χ4n) is 13.3. The van der Waals surface area contributed by atoms with Crippen LogP contribution in [0.5, 0.6) is 0 Å². The Morgan fingerprint density at radius 2 is 0.557 bits per heavy atom. The van der Waals surface area contributed by atoms with Gasteiger partial charge in [-0.15, -0.1) is 0 Å². The number of fused-ring (bicyclic) bond motifs is 1. The fraction of sp³-hybridized carbons (Fsp3) is 0.233. The van der Waals surface area contributed by atoms with E-state index >= 15 is 0 Å². The highest BCUT2D eigenvalue weighted by Gasteiger charge is 2.39. The molecule has 0 fully saturated rings. The SMILES string of the molecule is CC(C)(C)c1cc(N(c2ccc(-c3ccccc3)cc2)c2c(-c3ccccc3)cc(C(C)(C)C)cc2-c2ccccc2)cc(N(c2ccc(-c3cccc4c3C(C)(C)CCC4(C)C)cc2)c2c(-c3ccccc3)cc(C(C)(C)C)cc2-c2ccccc2)c1. The van der Waals surface area contributed by atoms with Crippen LogP contribution in [0, 0.1) is 0 Å². The van der Waals surface area contributed by atoms with Crippen LogP contribution >= 0.6 is 0 Å². The van der Waals surface area contributed by atoms with Gasteiger partial charge in [0.05, 0.1) is 11.4 Å². The van der Waals surface area contributed by atoms with Gasteiger partial charge in [-0.05, 0) is 179 Å². The molecule has 11 aromatic rings. The summed E-state index contributed by atoms with van der Waals surface area (Å²) in [7, 11) is 0. The molecule has 0 aliphatic heterocycles. The van der Waals surface area contributed by atoms with Gasteiger partial charge >= 0.3 is 0 Å². The molecule has 0 heterocycles. The second-order valence-corrected chi connectivity index (χ2v) is 28.9. The van der Waals surface area contributed by atoms with Crippen molar-refractivity contribution in [2.45, 2.75) is 130 Å². The molecular weight excluding hydrogens is 1060 g/mol. The number of rotatable bonds is 12. The Morgan fingerprint density at radius 1 is 0.261 bits per heavy atom. The summed E-state index contributed by atoms with van der Waals surface area (Å²) in [6, 6.07) is 98.2. The van der Waals surface area contributed by atoms with Gasteiger partial charge in [0.15, 0.2) is 0 Å². The van der Waals surface area contributed by atoms with Gasteiger partial charge in [-0.2, -0.15) is 0 Å². The van der Waals surface area contributed by atoms with Crippen molar-refractivity contribution in [3.05, 3.63) is 289 Å². The van der Waals surface area contributed by atoms with Gasteiger partial charge in [-0.1, -0.05) is 284 Å². The van der Waals surface area contributed by atoms with E-state index in [2.05, 4.69) is 361 Å². The topological polar surface area (TPSA) is 6.48 Å². The van der Waals surface area contributed by atoms with Crippen LogP contribution in [-0.2, 0) is 27.1 Å². The summed E-state index contributed by atoms with van der Waals surface area (Å²) in [4.78, 5) is 5.18. The highest BCUT2D eigenvalue weighted by molar-refractivity contribution is 6.02. The Bertz CT molecular complexity index is 4130. The molecule has 0 amide bonds. The van der Waals surface area contributed by atoms with Crippen LogP contribution in [-0.4, -0.2) is 0 Å². The monoisotopic (exact) mass is 1150 g/mol. The van der Waals surface area contributed by atoms with Crippen molar-refractivity contribution >= 4 is 34.1 Å². The standard InChI is InChI=1S/C86H86N2/c1-82(2,3)66-52-71(87(69-46-42-60(43-47-69)59-30-19-14-20-31-59)80-74(61-32-21-15-22-33-61)54-67(83(4,5)6)55-75(80)62-34-23-16-24-35-62)58-72(53-66)88(70-48-44-65(45-49-70)73-40-29-41-78-79(73)86(12,13)51-50-85(78,10)11)81-76(63-36-25-17-26-37-63)56-68(84(7,8)9)57-77(81)64-38-27-18-28-39-64/h14-49,52-58H,50-51H2,1-13H3. The molecule has 0 radical (unpaired) electrons. The zero-order valence-electron chi connectivity index (χ0n) is 54.1. The van der Waals surface area contributed by atoms with Crippen LogP contribution in [0.3, 0.4) is 0 Å². The Morgan fingerprint density at radius 3 is 0.909 bits per heavy atom. The maximum atomic E-state index is 2.60. The molecule has 11 aromatic carbocycles. The molecule has 88 heavy (non-hydrogen) atoms. The minimum absolute atomic E-state index is 0.0292. The van der Waals surface area contributed by atoms with Gasteiger partial charge in [0, 0.05) is 45.0 Å². The lowest BCUT2D eigenvalue weighted by molar-refractivity contribution is 0.333. The maximum absolute atomic E-state index is 2.60. The van der Waals surface area contributed by atoms with E-state index in [1.54, 1.807) is 0 Å². The maximum Gasteiger partial charge on any atom is 0.0618 e. The molecule has 440 valence electrons. The zero-order valence-corrected chi connectivity index (χ0v) is 54.1. The number of benzene rings is 11. The molecule has 0 bridgehead atoms. The van der Waals surface area contributed by atoms with Crippen LogP contribution in [0.25, 0.3) is 66.8 Å². The van der Waals surface area contributed by atoms with Crippen molar-refractivity contribution in [3.8, 4) is 66.8 Å². The zero-order chi connectivity index (χ0) is 61.8. The molecule has 0 saturated heterocycles. The lowest BCUT2D eigenvalue weighted by atomic mass is 9.61. The normalized spacial score (nSPS) is 13.8. The molecule has 0 unspecified atom stereocenters. The molecule has 1 aliphatic rings. The number of nitrogens with zero attached hydrogens (tertiary/aromatic N) is 2. The third-order valence-corrected chi connectivity index (χ3v) is 18.5. The quantitative estimate of drug-likeness (QED) is 0.120. The van der Waals surface area contributed by atoms with Crippen molar-refractivity contribution < 1.29 is 0 Å². The molecule has 0 atom stereocenters. The molecule has 2 heteroatoms. The highest BCUT2D eigenvalue weighted by atomic mass is 15.2. The fourth-order valence-corrected chi connectivity index (χ4v) is 13.3. The van der Waals surface area contributed by atoms with Crippen LogP contribution in [0.4, 0.5) is 34.1 Å². The Kier molecular flexibility index (Phi) is 15.7. The van der Waals surface area contributed by atoms with Crippen molar-refractivity contribution in [1.82, 2.24) is 0 Å². The lowest BCUT2D eigenvalue weighted by Gasteiger charge is -2.43. The molecule has 0 N–H and O–H groups in total. The molecular formula is C86H86N2. The van der Waals surface area contributed by atoms with E-state index < -0.39 is 0 Å². The summed E-state index contributed by atoms with van der Waals surface area (Å²) in [6.07, 6.45) is 2.31. The average Bonchev–Trinajstić information content (AvgIpc) is 0.801. The molecule has 0 saturated carbocycles. The van der Waals surface area contributed by atoms with Crippen molar-refractivity contribution in [2.75, 3.05) is 9.80 Å². The van der Waals surface area contributed by atoms with E-state index in [1.165, 1.54) is 78.7 Å². The number of anilines is 6. The summed E-state index contributed by atoms with van der Waals surface area (Å²) in [5, 5.41) is 0. The van der Waals surface area contributed by atoms with E-state index in [-0.39, 0.29) is 27.1 Å². The van der Waals surface area contributed by atoms with Crippen molar-refractivity contribution in [1.29, 1.82) is 0 Å². The highest BCUT2D eigenvalue weighted by Crippen LogP contribution is 2.55. The van der Waals surface area contributed by atoms with E-state index in [0.29, 0.717) is 0 Å². The molecule has 1 aliphatic carbocycles. The van der Waals surface area contributed by atoms with E-state index in [4.69, 9.17) is 0 Å². The molecule has 0 spiro atoms. The predicted octanol–water partition coefficient (Wildman–Crippen LogP) is 24.9. The van der Waals surface area contributed by atoms with E-state index in [9.17, 15) is 0 Å². The van der Waals surface area contributed by atoms with Crippen LogP contribution < -0.4 is 9.80 Å². The van der Waals surface area contributed by atoms with Crippen LogP contribution in [0.1, 0.15) is 131 Å². The second-order valence-electron chi connectivity index (χ2n) is 28.9. The summed E-state index contributed by atoms with van der Waals surface area (Å²) in [5.74, 6) is 0. The summed E-state index contributed by atoms with van der Waals surface area (Å²) in [6.45, 7) is 30.9. The average molecular weight is 1150 g/mol. The predicted molar refractivity (Wildman–Crippen MR) is 380 cm³/mol. The molecule has 2 nitrogen and oxygen atoms in total. The Labute approximate surface area is 526 Å². The summed E-state index contributed by atoms with van der Waals surface area (Å²) in [5.41, 5.74) is 27.0. The summed E-state index contributed by atoms with van der Waals surface area (Å²) >= 11 is 0. The third kappa shape index (κ3) is 11.8. The first-order valence-electron chi connectivity index (χ1n) is 31.8. The van der Waals surface area contributed by atoms with E-state index in [0.717, 1.165) is 62.8 Å². The first-order chi connectivity index (χ1) is 42.0. The van der Waals surface area contributed by atoms with Crippen molar-refractivity contribution in [2.24, 2.45) is 0 Å².